The molecule has 70 valence electrons. The summed E-state index contributed by atoms with van der Waals surface area (Å²) in [5.74, 6) is -1.23. The van der Waals surface area contributed by atoms with E-state index in [4.69, 9.17) is 9.66 Å². The number of hydrogen-bond donors (Lipinski definition) is 2. The van der Waals surface area contributed by atoms with Crippen molar-refractivity contribution in [1.29, 1.82) is 0 Å². The molecule has 0 aromatic rings. The second-order valence-corrected chi connectivity index (χ2v) is 3.00. The number of aliphatic carboxylic acids is 1. The van der Waals surface area contributed by atoms with E-state index in [9.17, 15) is 13.2 Å². The van der Waals surface area contributed by atoms with Crippen LogP contribution in [0.1, 0.15) is 6.42 Å². The van der Waals surface area contributed by atoms with E-state index in [1.165, 1.54) is 0 Å². The van der Waals surface area contributed by atoms with Crippen molar-refractivity contribution in [3.63, 3.8) is 0 Å². The molecule has 0 atom stereocenters. The summed E-state index contributed by atoms with van der Waals surface area (Å²) < 4.78 is 31.8. The maximum atomic E-state index is 10.1. The minimum Gasteiger partial charge on any atom is -0.478 e. The Morgan fingerprint density at radius 2 is 2.00 bits per heavy atom. The van der Waals surface area contributed by atoms with Crippen molar-refractivity contribution < 1.29 is 27.1 Å². The quantitative estimate of drug-likeness (QED) is 0.468. The molecule has 7 heteroatoms. The van der Waals surface area contributed by atoms with Gasteiger partial charge in [-0.3, -0.25) is 4.55 Å². The van der Waals surface area contributed by atoms with E-state index >= 15 is 0 Å². The molecule has 12 heavy (non-hydrogen) atoms. The van der Waals surface area contributed by atoms with Gasteiger partial charge in [-0.25, -0.2) is 8.98 Å². The highest BCUT2D eigenvalue weighted by Crippen LogP contribution is 1.99. The van der Waals surface area contributed by atoms with E-state index in [2.05, 4.69) is 10.8 Å². The number of carbonyl (C=O) groups is 1. The molecule has 0 radical (unpaired) electrons. The first-order chi connectivity index (χ1) is 5.33. The molecule has 0 spiro atoms. The molecule has 0 fully saturated rings. The Hall–Kier alpha value is -0.920. The number of carboxylic acid groups (broad SMARTS) is 1. The minimum atomic E-state index is -4.48. The van der Waals surface area contributed by atoms with Crippen molar-refractivity contribution in [1.82, 2.24) is 0 Å². The van der Waals surface area contributed by atoms with Crippen LogP contribution >= 0.6 is 0 Å². The molecule has 0 heterocycles. The van der Waals surface area contributed by atoms with Crippen molar-refractivity contribution in [2.45, 2.75) is 6.42 Å². The van der Waals surface area contributed by atoms with Crippen molar-refractivity contribution in [2.75, 3.05) is 6.61 Å². The lowest BCUT2D eigenvalue weighted by Gasteiger charge is -1.98. The van der Waals surface area contributed by atoms with E-state index < -0.39 is 23.0 Å². The van der Waals surface area contributed by atoms with Crippen LogP contribution in [-0.4, -0.2) is 30.7 Å². The Morgan fingerprint density at radius 3 is 2.33 bits per heavy atom. The molecule has 0 aliphatic rings. The molecule has 0 saturated carbocycles. The monoisotopic (exact) mass is 196 g/mol. The maximum absolute atomic E-state index is 10.1. The van der Waals surface area contributed by atoms with Gasteiger partial charge >= 0.3 is 16.4 Å². The van der Waals surface area contributed by atoms with Gasteiger partial charge in [0.2, 0.25) is 0 Å². The van der Waals surface area contributed by atoms with Crippen LogP contribution in [-0.2, 0) is 19.4 Å². The van der Waals surface area contributed by atoms with E-state index in [0.717, 1.165) is 0 Å². The van der Waals surface area contributed by atoms with Crippen molar-refractivity contribution in [2.24, 2.45) is 0 Å². The van der Waals surface area contributed by atoms with Crippen molar-refractivity contribution >= 4 is 16.4 Å². The van der Waals surface area contributed by atoms with E-state index in [-0.39, 0.29) is 12.0 Å². The van der Waals surface area contributed by atoms with Gasteiger partial charge in [0.1, 0.15) is 0 Å². The van der Waals surface area contributed by atoms with E-state index in [1.54, 1.807) is 0 Å². The van der Waals surface area contributed by atoms with Gasteiger partial charge in [-0.15, -0.1) is 0 Å². The largest absolute Gasteiger partial charge is 0.478 e. The van der Waals surface area contributed by atoms with Crippen LogP contribution in [0.3, 0.4) is 0 Å². The van der Waals surface area contributed by atoms with E-state index in [0.29, 0.717) is 0 Å². The van der Waals surface area contributed by atoms with Crippen LogP contribution < -0.4 is 0 Å². The average Bonchev–Trinajstić information content (AvgIpc) is 1.84. The van der Waals surface area contributed by atoms with Gasteiger partial charge in [0.25, 0.3) is 0 Å². The summed E-state index contributed by atoms with van der Waals surface area (Å²) in [5, 5.41) is 8.24. The molecular formula is C5H8O6S. The summed E-state index contributed by atoms with van der Waals surface area (Å²) in [4.78, 5) is 10.1. The summed E-state index contributed by atoms with van der Waals surface area (Å²) in [7, 11) is -4.48. The number of carboxylic acids is 1. The van der Waals surface area contributed by atoms with Crippen LogP contribution in [0.2, 0.25) is 0 Å². The Kier molecular flexibility index (Phi) is 3.87. The predicted octanol–water partition coefficient (Wildman–Crippen LogP) is -0.163. The summed E-state index contributed by atoms with van der Waals surface area (Å²) in [5.41, 5.74) is -0.182. The maximum Gasteiger partial charge on any atom is 0.397 e. The minimum absolute atomic E-state index is 0.158. The molecule has 0 unspecified atom stereocenters. The highest BCUT2D eigenvalue weighted by molar-refractivity contribution is 7.80. The lowest BCUT2D eigenvalue weighted by atomic mass is 10.2. The first-order valence-electron chi connectivity index (χ1n) is 2.86. The Morgan fingerprint density at radius 1 is 1.50 bits per heavy atom. The topological polar surface area (TPSA) is 101 Å². The van der Waals surface area contributed by atoms with Gasteiger partial charge < -0.3 is 5.11 Å². The second kappa shape index (κ2) is 4.19. The number of rotatable bonds is 5. The summed E-state index contributed by atoms with van der Waals surface area (Å²) in [6.45, 7) is 2.69. The molecule has 0 aliphatic carbocycles. The third-order valence-electron chi connectivity index (χ3n) is 0.939. The normalized spacial score (nSPS) is 11.1. The number of hydrogen-bond acceptors (Lipinski definition) is 4. The second-order valence-electron chi connectivity index (χ2n) is 1.91. The highest BCUT2D eigenvalue weighted by Gasteiger charge is 2.07. The first-order valence-corrected chi connectivity index (χ1v) is 4.22. The van der Waals surface area contributed by atoms with Gasteiger partial charge in [-0.05, 0) is 0 Å². The van der Waals surface area contributed by atoms with Gasteiger partial charge in [0.15, 0.2) is 0 Å². The lowest BCUT2D eigenvalue weighted by Crippen LogP contribution is -2.08. The summed E-state index contributed by atoms with van der Waals surface area (Å²) in [6, 6.07) is 0. The third kappa shape index (κ3) is 5.83. The molecule has 0 aromatic carbocycles. The molecule has 0 saturated heterocycles. The van der Waals surface area contributed by atoms with Crippen molar-refractivity contribution in [3.05, 3.63) is 12.2 Å². The Balaban J connectivity index is 3.73. The van der Waals surface area contributed by atoms with Gasteiger partial charge in [0.05, 0.1) is 6.61 Å². The Labute approximate surface area is 69.4 Å². The summed E-state index contributed by atoms with van der Waals surface area (Å²) in [6.07, 6.45) is -0.158. The van der Waals surface area contributed by atoms with Crippen molar-refractivity contribution in [3.8, 4) is 0 Å². The molecule has 6 nitrogen and oxygen atoms in total. The van der Waals surface area contributed by atoms with Gasteiger partial charge in [-0.2, -0.15) is 8.42 Å². The summed E-state index contributed by atoms with van der Waals surface area (Å²) >= 11 is 0. The average molecular weight is 196 g/mol. The molecule has 0 bridgehead atoms. The SMILES string of the molecule is C=C(CCOS(=O)(=O)O)C(=O)O. The molecule has 0 amide bonds. The fourth-order valence-electron chi connectivity index (χ4n) is 0.377. The highest BCUT2D eigenvalue weighted by atomic mass is 32.3. The third-order valence-corrected chi connectivity index (χ3v) is 1.40. The zero-order chi connectivity index (χ0) is 9.78. The fraction of sp³-hybridized carbons (Fsp3) is 0.400. The molecular weight excluding hydrogens is 188 g/mol. The van der Waals surface area contributed by atoms with Crippen LogP contribution in [0.5, 0.6) is 0 Å². The lowest BCUT2D eigenvalue weighted by molar-refractivity contribution is -0.132. The van der Waals surface area contributed by atoms with Crippen LogP contribution in [0.4, 0.5) is 0 Å². The standard InChI is InChI=1S/C5H8O6S/c1-4(5(6)7)2-3-11-12(8,9)10/h1-3H2,(H,6,7)(H,8,9,10). The molecule has 2 N–H and O–H groups in total. The predicted molar refractivity (Wildman–Crippen MR) is 38.9 cm³/mol. The van der Waals surface area contributed by atoms with Crippen LogP contribution in [0, 0.1) is 0 Å². The zero-order valence-corrected chi connectivity index (χ0v) is 6.87. The first kappa shape index (κ1) is 11.1. The van der Waals surface area contributed by atoms with Gasteiger partial charge in [0, 0.05) is 12.0 Å². The van der Waals surface area contributed by atoms with Crippen LogP contribution in [0.15, 0.2) is 12.2 Å². The molecule has 0 rings (SSSR count). The molecule has 0 aliphatic heterocycles. The molecule has 0 aromatic heterocycles. The zero-order valence-electron chi connectivity index (χ0n) is 6.06. The smallest absolute Gasteiger partial charge is 0.397 e. The van der Waals surface area contributed by atoms with Gasteiger partial charge in [-0.1, -0.05) is 6.58 Å². The fourth-order valence-corrected chi connectivity index (χ4v) is 0.671. The van der Waals surface area contributed by atoms with Crippen LogP contribution in [0.25, 0.3) is 0 Å². The Bertz CT molecular complexity index is 276. The van der Waals surface area contributed by atoms with E-state index in [1.807, 2.05) is 0 Å².